The second kappa shape index (κ2) is 9.42. The van der Waals surface area contributed by atoms with Crippen LogP contribution in [-0.4, -0.2) is 40.8 Å². The lowest BCUT2D eigenvalue weighted by Gasteiger charge is -2.07. The van der Waals surface area contributed by atoms with Gasteiger partial charge >= 0.3 is 0 Å². The number of nitrogens with two attached hydrogens (primary N) is 1. The molecule has 2 aromatic carbocycles. The standard InChI is InChI=1S/C20H17N3O4S3/c1-23(24)20(28)29-13-5-8-17-22-18(14-6-3-2-4-7-14)19(27-17)15-9-11-16(12-10-15)30(21,25)26/h2-4,6-7,9-12,24H,13H2,1H3,(H2,21,25,26). The Hall–Kier alpha value is -2.68. The molecule has 0 aliphatic carbocycles. The van der Waals surface area contributed by atoms with Gasteiger partial charge < -0.3 is 4.42 Å². The van der Waals surface area contributed by atoms with Crippen LogP contribution in [0, 0.1) is 11.8 Å². The number of hydrogen-bond donors (Lipinski definition) is 2. The van der Waals surface area contributed by atoms with Gasteiger partial charge in [0, 0.05) is 18.2 Å². The van der Waals surface area contributed by atoms with Crippen LogP contribution in [0.15, 0.2) is 63.9 Å². The molecule has 3 aromatic rings. The molecular weight excluding hydrogens is 442 g/mol. The Balaban J connectivity index is 1.95. The Morgan fingerprint density at radius 1 is 1.20 bits per heavy atom. The fraction of sp³-hybridized carbons (Fsp3) is 0.100. The summed E-state index contributed by atoms with van der Waals surface area (Å²) in [6, 6.07) is 15.5. The number of thiocarbonyl (C=S) groups is 1. The van der Waals surface area contributed by atoms with Gasteiger partial charge in [0.1, 0.15) is 5.69 Å². The molecule has 1 heterocycles. The molecule has 0 saturated heterocycles. The smallest absolute Gasteiger partial charge is 0.274 e. The Morgan fingerprint density at radius 2 is 1.87 bits per heavy atom. The molecule has 3 rings (SSSR count). The highest BCUT2D eigenvalue weighted by molar-refractivity contribution is 8.23. The van der Waals surface area contributed by atoms with Crippen molar-refractivity contribution in [2.24, 2.45) is 5.14 Å². The van der Waals surface area contributed by atoms with Crippen LogP contribution in [0.2, 0.25) is 0 Å². The number of hydroxylamine groups is 2. The van der Waals surface area contributed by atoms with Crippen LogP contribution in [0.25, 0.3) is 22.6 Å². The molecule has 0 spiro atoms. The molecule has 10 heteroatoms. The minimum atomic E-state index is -3.79. The number of sulfonamides is 1. The van der Waals surface area contributed by atoms with Crippen molar-refractivity contribution in [2.45, 2.75) is 4.90 Å². The van der Waals surface area contributed by atoms with E-state index in [2.05, 4.69) is 16.8 Å². The SMILES string of the molecule is CN(O)C(=S)SCC#Cc1nc(-c2ccccc2)c(-c2ccc(S(N)(=O)=O)cc2)o1. The van der Waals surface area contributed by atoms with Crippen molar-refractivity contribution in [3.05, 3.63) is 60.5 Å². The van der Waals surface area contributed by atoms with Crippen LogP contribution >= 0.6 is 24.0 Å². The van der Waals surface area contributed by atoms with Crippen LogP contribution in [-0.2, 0) is 10.0 Å². The maximum Gasteiger partial charge on any atom is 0.274 e. The second-order valence-electron chi connectivity index (χ2n) is 6.01. The van der Waals surface area contributed by atoms with E-state index >= 15 is 0 Å². The van der Waals surface area contributed by atoms with E-state index in [1.165, 1.54) is 30.9 Å². The highest BCUT2D eigenvalue weighted by Crippen LogP contribution is 2.32. The minimum Gasteiger partial charge on any atom is -0.429 e. The number of oxazole rings is 1. The van der Waals surface area contributed by atoms with E-state index in [1.807, 2.05) is 30.3 Å². The number of aromatic nitrogens is 1. The van der Waals surface area contributed by atoms with Gasteiger partial charge in [0.05, 0.1) is 10.6 Å². The summed E-state index contributed by atoms with van der Waals surface area (Å²) in [6.07, 6.45) is 0. The van der Waals surface area contributed by atoms with Gasteiger partial charge in [-0.05, 0) is 30.2 Å². The van der Waals surface area contributed by atoms with Crippen molar-refractivity contribution < 1.29 is 18.0 Å². The van der Waals surface area contributed by atoms with E-state index < -0.39 is 10.0 Å². The largest absolute Gasteiger partial charge is 0.429 e. The molecule has 1 aromatic heterocycles. The number of nitrogens with zero attached hydrogens (tertiary/aromatic N) is 2. The zero-order valence-corrected chi connectivity index (χ0v) is 18.2. The van der Waals surface area contributed by atoms with Crippen LogP contribution < -0.4 is 5.14 Å². The summed E-state index contributed by atoms with van der Waals surface area (Å²) in [6.45, 7) is 0. The molecule has 0 aliphatic heterocycles. The van der Waals surface area contributed by atoms with Crippen molar-refractivity contribution in [1.29, 1.82) is 0 Å². The Bertz CT molecular complexity index is 1210. The van der Waals surface area contributed by atoms with Gasteiger partial charge in [-0.3, -0.25) is 5.21 Å². The van der Waals surface area contributed by atoms with E-state index in [-0.39, 0.29) is 10.8 Å². The summed E-state index contributed by atoms with van der Waals surface area (Å²) in [4.78, 5) is 4.50. The van der Waals surface area contributed by atoms with E-state index in [0.29, 0.717) is 27.1 Å². The van der Waals surface area contributed by atoms with Gasteiger partial charge in [0.15, 0.2) is 10.1 Å². The third-order valence-corrected chi connectivity index (χ3v) is 6.19. The summed E-state index contributed by atoms with van der Waals surface area (Å²) in [5.41, 5.74) is 2.05. The van der Waals surface area contributed by atoms with Gasteiger partial charge in [-0.15, -0.1) is 0 Å². The number of thioether (sulfide) groups is 1. The average molecular weight is 460 g/mol. The zero-order chi connectivity index (χ0) is 21.7. The Morgan fingerprint density at radius 3 is 2.47 bits per heavy atom. The quantitative estimate of drug-likeness (QED) is 0.347. The highest BCUT2D eigenvalue weighted by atomic mass is 32.2. The molecule has 0 atom stereocenters. The predicted molar refractivity (Wildman–Crippen MR) is 120 cm³/mol. The average Bonchev–Trinajstić information content (AvgIpc) is 3.15. The third kappa shape index (κ3) is 5.47. The number of benzene rings is 2. The number of hydrogen-bond acceptors (Lipinski definition) is 7. The number of primary sulfonamides is 1. The lowest BCUT2D eigenvalue weighted by molar-refractivity contribution is 0.0205. The minimum absolute atomic E-state index is 0.00823. The van der Waals surface area contributed by atoms with Crippen LogP contribution in [0.1, 0.15) is 5.89 Å². The molecule has 0 amide bonds. The molecule has 7 nitrogen and oxygen atoms in total. The van der Waals surface area contributed by atoms with E-state index in [1.54, 1.807) is 12.1 Å². The third-order valence-electron chi connectivity index (χ3n) is 3.85. The van der Waals surface area contributed by atoms with Crippen LogP contribution in [0.3, 0.4) is 0 Å². The van der Waals surface area contributed by atoms with Gasteiger partial charge in [-0.1, -0.05) is 60.2 Å². The molecule has 3 N–H and O–H groups in total. The van der Waals surface area contributed by atoms with Crippen molar-refractivity contribution >= 4 is 38.3 Å². The number of rotatable bonds is 4. The van der Waals surface area contributed by atoms with E-state index in [0.717, 1.165) is 10.6 Å². The summed E-state index contributed by atoms with van der Waals surface area (Å²) in [7, 11) is -2.35. The molecule has 0 radical (unpaired) electrons. The maximum absolute atomic E-state index is 11.5. The van der Waals surface area contributed by atoms with Gasteiger partial charge in [-0.2, -0.15) is 0 Å². The Labute approximate surface area is 183 Å². The molecule has 0 aliphatic rings. The maximum atomic E-state index is 11.5. The van der Waals surface area contributed by atoms with Crippen molar-refractivity contribution in [2.75, 3.05) is 12.8 Å². The monoisotopic (exact) mass is 459 g/mol. The summed E-state index contributed by atoms with van der Waals surface area (Å²) in [5.74, 6) is 6.77. The summed E-state index contributed by atoms with van der Waals surface area (Å²) in [5, 5.41) is 15.3. The van der Waals surface area contributed by atoms with Gasteiger partial charge in [0.25, 0.3) is 5.89 Å². The highest BCUT2D eigenvalue weighted by Gasteiger charge is 2.17. The Kier molecular flexibility index (Phi) is 6.91. The molecule has 0 bridgehead atoms. The van der Waals surface area contributed by atoms with Crippen LogP contribution in [0.4, 0.5) is 0 Å². The predicted octanol–water partition coefficient (Wildman–Crippen LogP) is 3.35. The second-order valence-corrected chi connectivity index (χ2v) is 9.18. The van der Waals surface area contributed by atoms with Crippen LogP contribution in [0.5, 0.6) is 0 Å². The zero-order valence-electron chi connectivity index (χ0n) is 15.8. The normalized spacial score (nSPS) is 10.9. The molecule has 30 heavy (non-hydrogen) atoms. The van der Waals surface area contributed by atoms with E-state index in [9.17, 15) is 13.6 Å². The summed E-state index contributed by atoms with van der Waals surface area (Å²) >= 11 is 6.18. The fourth-order valence-electron chi connectivity index (χ4n) is 2.46. The van der Waals surface area contributed by atoms with Gasteiger partial charge in [0.2, 0.25) is 10.0 Å². The molecule has 0 unspecified atom stereocenters. The van der Waals surface area contributed by atoms with Crippen molar-refractivity contribution in [1.82, 2.24) is 10.0 Å². The van der Waals surface area contributed by atoms with Gasteiger partial charge in [-0.25, -0.2) is 23.6 Å². The fourth-order valence-corrected chi connectivity index (χ4v) is 3.61. The van der Waals surface area contributed by atoms with E-state index in [4.69, 9.17) is 21.8 Å². The first kappa shape index (κ1) is 22.0. The lowest BCUT2D eigenvalue weighted by atomic mass is 10.1. The molecule has 0 fully saturated rings. The first-order valence-electron chi connectivity index (χ1n) is 8.53. The molecule has 0 saturated carbocycles. The first-order valence-corrected chi connectivity index (χ1v) is 11.5. The summed E-state index contributed by atoms with van der Waals surface area (Å²) < 4.78 is 29.2. The first-order chi connectivity index (χ1) is 14.3. The lowest BCUT2D eigenvalue weighted by Crippen LogP contribution is -2.17. The topological polar surface area (TPSA) is 110 Å². The molecular formula is C20H17N3O4S3. The van der Waals surface area contributed by atoms with Crippen molar-refractivity contribution in [3.63, 3.8) is 0 Å². The molecule has 154 valence electrons. The van der Waals surface area contributed by atoms with Crippen molar-refractivity contribution in [3.8, 4) is 34.4 Å².